The summed E-state index contributed by atoms with van der Waals surface area (Å²) in [5, 5.41) is 3.01. The molecule has 0 saturated carbocycles. The van der Waals surface area contributed by atoms with Crippen LogP contribution in [0.1, 0.15) is 31.9 Å². The van der Waals surface area contributed by atoms with Crippen molar-refractivity contribution < 1.29 is 9.53 Å². The van der Waals surface area contributed by atoms with Crippen molar-refractivity contribution in [3.05, 3.63) is 60.2 Å². The van der Waals surface area contributed by atoms with Gasteiger partial charge in [-0.05, 0) is 38.0 Å². The van der Waals surface area contributed by atoms with E-state index in [1.165, 1.54) is 5.56 Å². The smallest absolute Gasteiger partial charge is 0.322 e. The molecule has 1 saturated heterocycles. The van der Waals surface area contributed by atoms with Gasteiger partial charge in [-0.25, -0.2) is 4.79 Å². The number of hydrogen-bond donors (Lipinski definition) is 1. The highest BCUT2D eigenvalue weighted by molar-refractivity contribution is 5.91. The molecule has 2 aromatic carbocycles. The fraction of sp³-hybridized carbons (Fsp3) is 0.409. The maximum atomic E-state index is 12.9. The average molecular weight is 367 g/mol. The number of rotatable bonds is 6. The quantitative estimate of drug-likeness (QED) is 0.824. The van der Waals surface area contributed by atoms with Crippen molar-refractivity contribution in [3.63, 3.8) is 0 Å². The second kappa shape index (κ2) is 8.91. The molecule has 3 rings (SSSR count). The van der Waals surface area contributed by atoms with E-state index in [0.29, 0.717) is 24.0 Å². The van der Waals surface area contributed by atoms with Crippen LogP contribution < -0.4 is 10.1 Å². The Morgan fingerprint density at radius 3 is 2.63 bits per heavy atom. The molecule has 1 heterocycles. The van der Waals surface area contributed by atoms with Gasteiger partial charge in [0.2, 0.25) is 0 Å². The molecule has 27 heavy (non-hydrogen) atoms. The molecule has 1 fully saturated rings. The monoisotopic (exact) mass is 367 g/mol. The van der Waals surface area contributed by atoms with E-state index in [1.54, 1.807) is 7.11 Å². The zero-order valence-electron chi connectivity index (χ0n) is 16.4. The van der Waals surface area contributed by atoms with Gasteiger partial charge in [0.15, 0.2) is 0 Å². The number of amides is 2. The lowest BCUT2D eigenvalue weighted by molar-refractivity contribution is 0.183. The Hall–Kier alpha value is -2.53. The van der Waals surface area contributed by atoms with Crippen molar-refractivity contribution in [3.8, 4) is 5.75 Å². The summed E-state index contributed by atoms with van der Waals surface area (Å²) >= 11 is 0. The van der Waals surface area contributed by atoms with Gasteiger partial charge in [0.25, 0.3) is 0 Å². The van der Waals surface area contributed by atoms with Crippen molar-refractivity contribution in [1.82, 2.24) is 9.80 Å². The topological polar surface area (TPSA) is 44.8 Å². The van der Waals surface area contributed by atoms with Crippen molar-refractivity contribution >= 4 is 11.7 Å². The molecular weight excluding hydrogens is 338 g/mol. The number of likely N-dealkylation sites (N-methyl/N-ethyl adjacent to an activating group) is 1. The van der Waals surface area contributed by atoms with E-state index in [4.69, 9.17) is 4.74 Å². The lowest BCUT2D eigenvalue weighted by Gasteiger charge is -2.30. The Morgan fingerprint density at radius 2 is 1.93 bits per heavy atom. The summed E-state index contributed by atoms with van der Waals surface area (Å²) in [6, 6.07) is 18.6. The third-order valence-electron chi connectivity index (χ3n) is 5.42. The van der Waals surface area contributed by atoms with Crippen LogP contribution in [0.4, 0.5) is 10.5 Å². The summed E-state index contributed by atoms with van der Waals surface area (Å²) in [5.41, 5.74) is 2.02. The van der Waals surface area contributed by atoms with Gasteiger partial charge in [0, 0.05) is 31.7 Å². The average Bonchev–Trinajstić information content (AvgIpc) is 3.18. The highest BCUT2D eigenvalue weighted by atomic mass is 16.5. The van der Waals surface area contributed by atoms with Crippen LogP contribution in [-0.4, -0.2) is 48.6 Å². The Balaban J connectivity index is 1.65. The van der Waals surface area contributed by atoms with Crippen LogP contribution in [0.15, 0.2) is 54.6 Å². The predicted molar refractivity (Wildman–Crippen MR) is 109 cm³/mol. The number of para-hydroxylation sites is 2. The molecule has 0 unspecified atom stereocenters. The first-order chi connectivity index (χ1) is 13.1. The number of benzene rings is 2. The number of methoxy groups -OCH3 is 1. The first-order valence-corrected chi connectivity index (χ1v) is 9.63. The Labute approximate surface area is 161 Å². The molecule has 1 aliphatic rings. The van der Waals surface area contributed by atoms with E-state index in [2.05, 4.69) is 41.4 Å². The summed E-state index contributed by atoms with van der Waals surface area (Å²) in [5.74, 6) is 0.674. The maximum Gasteiger partial charge on any atom is 0.322 e. The van der Waals surface area contributed by atoms with E-state index >= 15 is 0 Å². The van der Waals surface area contributed by atoms with Crippen LogP contribution in [0.5, 0.6) is 5.75 Å². The minimum Gasteiger partial charge on any atom is -0.495 e. The van der Waals surface area contributed by atoms with Crippen molar-refractivity contribution in [2.75, 3.05) is 32.1 Å². The third-order valence-corrected chi connectivity index (χ3v) is 5.42. The fourth-order valence-corrected chi connectivity index (χ4v) is 3.82. The number of hydrogen-bond acceptors (Lipinski definition) is 3. The molecule has 5 nitrogen and oxygen atoms in total. The minimum atomic E-state index is -0.0683. The summed E-state index contributed by atoms with van der Waals surface area (Å²) in [4.78, 5) is 17.3. The first kappa shape index (κ1) is 19.2. The SMILES string of the molecule is CCN(C(=O)Nc1ccccc1OC)[C@H]1CCN([C@H](C)c2ccccc2)C1. The number of carbonyl (C=O) groups is 1. The van der Waals surface area contributed by atoms with Gasteiger partial charge in [-0.2, -0.15) is 0 Å². The van der Waals surface area contributed by atoms with Gasteiger partial charge in [-0.1, -0.05) is 42.5 Å². The largest absolute Gasteiger partial charge is 0.495 e. The van der Waals surface area contributed by atoms with E-state index in [1.807, 2.05) is 42.2 Å². The third kappa shape index (κ3) is 4.42. The van der Waals surface area contributed by atoms with Crippen LogP contribution >= 0.6 is 0 Å². The molecule has 144 valence electrons. The van der Waals surface area contributed by atoms with Crippen molar-refractivity contribution in [2.45, 2.75) is 32.4 Å². The highest BCUT2D eigenvalue weighted by Gasteiger charge is 2.32. The summed E-state index contributed by atoms with van der Waals surface area (Å²) < 4.78 is 5.34. The molecule has 0 spiro atoms. The van der Waals surface area contributed by atoms with Crippen LogP contribution in [-0.2, 0) is 0 Å². The Morgan fingerprint density at radius 1 is 1.22 bits per heavy atom. The van der Waals surface area contributed by atoms with Crippen molar-refractivity contribution in [2.24, 2.45) is 0 Å². The standard InChI is InChI=1S/C22H29N3O2/c1-4-25(22(26)23-20-12-8-9-13-21(20)27-3)19-14-15-24(16-19)17(2)18-10-6-5-7-11-18/h5-13,17,19H,4,14-16H2,1-3H3,(H,23,26)/t17-,19+/m1/s1. The van der Waals surface area contributed by atoms with Gasteiger partial charge < -0.3 is 15.0 Å². The number of nitrogens with one attached hydrogen (secondary N) is 1. The number of anilines is 1. The van der Waals surface area contributed by atoms with Gasteiger partial charge in [0.05, 0.1) is 12.8 Å². The predicted octanol–water partition coefficient (Wildman–Crippen LogP) is 4.38. The van der Waals surface area contributed by atoms with E-state index in [-0.39, 0.29) is 12.1 Å². The van der Waals surface area contributed by atoms with Crippen LogP contribution in [0.25, 0.3) is 0 Å². The number of nitrogens with zero attached hydrogens (tertiary/aromatic N) is 2. The molecule has 2 atom stereocenters. The Bertz CT molecular complexity index is 750. The van der Waals surface area contributed by atoms with Gasteiger partial charge in [-0.15, -0.1) is 0 Å². The van der Waals surface area contributed by atoms with Crippen molar-refractivity contribution in [1.29, 1.82) is 0 Å². The summed E-state index contributed by atoms with van der Waals surface area (Å²) in [7, 11) is 1.61. The Kier molecular flexibility index (Phi) is 6.35. The number of urea groups is 1. The minimum absolute atomic E-state index is 0.0683. The zero-order valence-corrected chi connectivity index (χ0v) is 16.4. The number of likely N-dealkylation sites (tertiary alicyclic amines) is 1. The zero-order chi connectivity index (χ0) is 19.2. The molecule has 2 amide bonds. The second-order valence-corrected chi connectivity index (χ2v) is 6.94. The number of ether oxygens (including phenoxy) is 1. The van der Waals surface area contributed by atoms with Crippen LogP contribution in [0, 0.1) is 0 Å². The lowest BCUT2D eigenvalue weighted by Crippen LogP contribution is -2.44. The molecular formula is C22H29N3O2. The van der Waals surface area contributed by atoms with Gasteiger partial charge in [0.1, 0.15) is 5.75 Å². The molecule has 1 aliphatic heterocycles. The van der Waals surface area contributed by atoms with E-state index in [9.17, 15) is 4.79 Å². The van der Waals surface area contributed by atoms with E-state index < -0.39 is 0 Å². The maximum absolute atomic E-state index is 12.9. The molecule has 0 radical (unpaired) electrons. The second-order valence-electron chi connectivity index (χ2n) is 6.94. The molecule has 0 aromatic heterocycles. The first-order valence-electron chi connectivity index (χ1n) is 9.63. The van der Waals surface area contributed by atoms with Gasteiger partial charge >= 0.3 is 6.03 Å². The number of carbonyl (C=O) groups excluding carboxylic acids is 1. The van der Waals surface area contributed by atoms with Crippen LogP contribution in [0.3, 0.4) is 0 Å². The molecule has 0 bridgehead atoms. The molecule has 0 aliphatic carbocycles. The summed E-state index contributed by atoms with van der Waals surface area (Å²) in [6.45, 7) is 6.84. The molecule has 5 heteroatoms. The molecule has 1 N–H and O–H groups in total. The lowest BCUT2D eigenvalue weighted by atomic mass is 10.1. The van der Waals surface area contributed by atoms with Crippen LogP contribution in [0.2, 0.25) is 0 Å². The van der Waals surface area contributed by atoms with E-state index in [0.717, 1.165) is 19.5 Å². The normalized spacial score (nSPS) is 18.1. The highest BCUT2D eigenvalue weighted by Crippen LogP contribution is 2.28. The van der Waals surface area contributed by atoms with Gasteiger partial charge in [-0.3, -0.25) is 4.90 Å². The molecule has 2 aromatic rings. The summed E-state index contributed by atoms with van der Waals surface area (Å²) in [6.07, 6.45) is 0.990. The fourth-order valence-electron chi connectivity index (χ4n) is 3.82.